The molecule has 2 amide bonds. The van der Waals surface area contributed by atoms with Gasteiger partial charge in [-0.05, 0) is 32.0 Å². The van der Waals surface area contributed by atoms with Crippen molar-refractivity contribution in [2.75, 3.05) is 19.0 Å². The van der Waals surface area contributed by atoms with Crippen LogP contribution in [0.5, 0.6) is 5.75 Å². The smallest absolute Gasteiger partial charge is 0.338 e. The van der Waals surface area contributed by atoms with E-state index in [1.807, 2.05) is 6.92 Å². The zero-order chi connectivity index (χ0) is 22.4. The Bertz CT molecular complexity index is 1100. The van der Waals surface area contributed by atoms with Gasteiger partial charge in [0.1, 0.15) is 5.75 Å². The third kappa shape index (κ3) is 5.05. The number of benzene rings is 2. The molecule has 1 aliphatic heterocycles. The van der Waals surface area contributed by atoms with Crippen molar-refractivity contribution in [3.05, 3.63) is 71.4 Å². The van der Waals surface area contributed by atoms with Gasteiger partial charge < -0.3 is 20.1 Å². The Morgan fingerprint density at radius 1 is 1.00 bits per heavy atom. The fourth-order valence-electron chi connectivity index (χ4n) is 3.32. The Hall–Kier alpha value is -3.33. The second-order valence-corrected chi connectivity index (χ2v) is 8.68. The minimum absolute atomic E-state index is 0.0214. The molecule has 9 heteroatoms. The molecule has 0 unspecified atom stereocenters. The molecule has 1 heterocycles. The molecule has 0 spiro atoms. The monoisotopic (exact) mass is 444 g/mol. The van der Waals surface area contributed by atoms with Crippen LogP contribution in [0.25, 0.3) is 0 Å². The summed E-state index contributed by atoms with van der Waals surface area (Å²) in [5.74, 6) is -0.805. The minimum atomic E-state index is -3.83. The predicted molar refractivity (Wildman–Crippen MR) is 114 cm³/mol. The highest BCUT2D eigenvalue weighted by Gasteiger charge is 2.37. The van der Waals surface area contributed by atoms with Crippen LogP contribution in [0.3, 0.4) is 0 Å². The summed E-state index contributed by atoms with van der Waals surface area (Å²) < 4.78 is 36.8. The molecule has 164 valence electrons. The maximum atomic E-state index is 13.0. The molecule has 2 aromatic rings. The van der Waals surface area contributed by atoms with Crippen molar-refractivity contribution in [1.82, 2.24) is 10.6 Å². The number of para-hydroxylation sites is 1. The first-order valence-corrected chi connectivity index (χ1v) is 11.5. The first-order valence-electron chi connectivity index (χ1n) is 9.84. The second kappa shape index (κ2) is 9.65. The average Bonchev–Trinajstić information content (AvgIpc) is 2.74. The molecule has 3 rings (SSSR count). The van der Waals surface area contributed by atoms with Crippen LogP contribution in [-0.4, -0.2) is 39.4 Å². The summed E-state index contributed by atoms with van der Waals surface area (Å²) in [5.41, 5.74) is 0.521. The SMILES string of the molecule is CCOC(=O)C1=C(CS(=O)(=O)c2ccccc2)NC(=O)N[C@@H]1c1ccccc1OCC. The van der Waals surface area contributed by atoms with Crippen molar-refractivity contribution in [2.45, 2.75) is 24.8 Å². The lowest BCUT2D eigenvalue weighted by atomic mass is 9.95. The number of ether oxygens (including phenoxy) is 2. The lowest BCUT2D eigenvalue weighted by molar-refractivity contribution is -0.139. The van der Waals surface area contributed by atoms with Crippen LogP contribution >= 0.6 is 0 Å². The van der Waals surface area contributed by atoms with Gasteiger partial charge in [0.05, 0.1) is 35.5 Å². The van der Waals surface area contributed by atoms with Gasteiger partial charge >= 0.3 is 12.0 Å². The van der Waals surface area contributed by atoms with Gasteiger partial charge in [-0.2, -0.15) is 0 Å². The number of hydrogen-bond donors (Lipinski definition) is 2. The Labute approximate surface area is 181 Å². The summed E-state index contributed by atoms with van der Waals surface area (Å²) in [4.78, 5) is 25.4. The summed E-state index contributed by atoms with van der Waals surface area (Å²) >= 11 is 0. The molecule has 0 fully saturated rings. The number of carbonyl (C=O) groups is 2. The van der Waals surface area contributed by atoms with Crippen LogP contribution in [0.4, 0.5) is 4.79 Å². The molecule has 1 atom stereocenters. The van der Waals surface area contributed by atoms with Gasteiger partial charge in [-0.1, -0.05) is 36.4 Å². The molecule has 2 N–H and O–H groups in total. The fourth-order valence-corrected chi connectivity index (χ4v) is 4.67. The first kappa shape index (κ1) is 22.4. The fraction of sp³-hybridized carbons (Fsp3) is 0.273. The van der Waals surface area contributed by atoms with Crippen molar-refractivity contribution in [2.24, 2.45) is 0 Å². The number of carbonyl (C=O) groups excluding carboxylic acids is 2. The van der Waals surface area contributed by atoms with Crippen LogP contribution in [0, 0.1) is 0 Å². The van der Waals surface area contributed by atoms with Crippen molar-refractivity contribution in [1.29, 1.82) is 0 Å². The van der Waals surface area contributed by atoms with Crippen molar-refractivity contribution in [3.8, 4) is 5.75 Å². The minimum Gasteiger partial charge on any atom is -0.494 e. The van der Waals surface area contributed by atoms with E-state index in [1.54, 1.807) is 49.4 Å². The molecule has 2 aromatic carbocycles. The first-order chi connectivity index (χ1) is 14.9. The van der Waals surface area contributed by atoms with E-state index < -0.39 is 33.6 Å². The average molecular weight is 445 g/mol. The van der Waals surface area contributed by atoms with Gasteiger partial charge in [0.15, 0.2) is 9.84 Å². The molecule has 31 heavy (non-hydrogen) atoms. The molecule has 0 saturated heterocycles. The molecule has 0 saturated carbocycles. The molecule has 0 radical (unpaired) electrons. The summed E-state index contributed by atoms with van der Waals surface area (Å²) in [5, 5.41) is 5.18. The van der Waals surface area contributed by atoms with E-state index in [4.69, 9.17) is 9.47 Å². The lowest BCUT2D eigenvalue weighted by Gasteiger charge is -2.30. The van der Waals surface area contributed by atoms with E-state index in [0.717, 1.165) is 0 Å². The van der Waals surface area contributed by atoms with Gasteiger partial charge in [-0.25, -0.2) is 18.0 Å². The van der Waals surface area contributed by atoms with E-state index in [1.165, 1.54) is 12.1 Å². The third-order valence-corrected chi connectivity index (χ3v) is 6.27. The topological polar surface area (TPSA) is 111 Å². The largest absolute Gasteiger partial charge is 0.494 e. The van der Waals surface area contributed by atoms with Crippen LogP contribution in [0.15, 0.2) is 70.8 Å². The number of esters is 1. The number of rotatable bonds is 8. The van der Waals surface area contributed by atoms with Crippen LogP contribution < -0.4 is 15.4 Å². The Morgan fingerprint density at radius 2 is 1.68 bits per heavy atom. The van der Waals surface area contributed by atoms with Gasteiger partial charge in [-0.15, -0.1) is 0 Å². The summed E-state index contributed by atoms with van der Waals surface area (Å²) in [7, 11) is -3.83. The summed E-state index contributed by atoms with van der Waals surface area (Å²) in [6.07, 6.45) is 0. The zero-order valence-corrected chi connectivity index (χ0v) is 18.1. The number of hydrogen-bond acceptors (Lipinski definition) is 6. The second-order valence-electron chi connectivity index (χ2n) is 6.69. The zero-order valence-electron chi connectivity index (χ0n) is 17.3. The third-order valence-electron chi connectivity index (χ3n) is 4.62. The van der Waals surface area contributed by atoms with Crippen LogP contribution in [0.1, 0.15) is 25.5 Å². The van der Waals surface area contributed by atoms with E-state index in [2.05, 4.69) is 10.6 Å². The molecule has 0 aliphatic carbocycles. The molecule has 8 nitrogen and oxygen atoms in total. The highest BCUT2D eigenvalue weighted by molar-refractivity contribution is 7.91. The van der Waals surface area contributed by atoms with Gasteiger partial charge in [0.25, 0.3) is 0 Å². The van der Waals surface area contributed by atoms with Crippen LogP contribution in [0.2, 0.25) is 0 Å². The lowest BCUT2D eigenvalue weighted by Crippen LogP contribution is -2.47. The standard InChI is InChI=1S/C22H24N2O6S/c1-3-29-18-13-9-8-12-16(18)20-19(21(25)30-4-2)17(23-22(26)24-20)14-31(27,28)15-10-6-5-7-11-15/h5-13,20H,3-4,14H2,1-2H3,(H2,23,24,26)/t20-/m1/s1. The van der Waals surface area contributed by atoms with Crippen LogP contribution in [-0.2, 0) is 19.4 Å². The maximum Gasteiger partial charge on any atom is 0.338 e. The van der Waals surface area contributed by atoms with E-state index >= 15 is 0 Å². The Morgan fingerprint density at radius 3 is 2.35 bits per heavy atom. The highest BCUT2D eigenvalue weighted by atomic mass is 32.2. The summed E-state index contributed by atoms with van der Waals surface area (Å²) in [6, 6.07) is 13.2. The predicted octanol–water partition coefficient (Wildman–Crippen LogP) is 2.73. The van der Waals surface area contributed by atoms with E-state index in [0.29, 0.717) is 17.9 Å². The molecule has 1 aliphatic rings. The molecular formula is C22H24N2O6S. The number of urea groups is 1. The van der Waals surface area contributed by atoms with E-state index in [-0.39, 0.29) is 22.8 Å². The molecular weight excluding hydrogens is 420 g/mol. The Balaban J connectivity index is 2.13. The summed E-state index contributed by atoms with van der Waals surface area (Å²) in [6.45, 7) is 3.94. The maximum absolute atomic E-state index is 13.0. The van der Waals surface area contributed by atoms with Crippen molar-refractivity contribution in [3.63, 3.8) is 0 Å². The van der Waals surface area contributed by atoms with Gasteiger partial charge in [-0.3, -0.25) is 0 Å². The molecule has 0 aromatic heterocycles. The number of nitrogens with one attached hydrogen (secondary N) is 2. The number of sulfone groups is 1. The van der Waals surface area contributed by atoms with Crippen molar-refractivity contribution >= 4 is 21.8 Å². The normalized spacial score (nSPS) is 16.3. The number of amides is 2. The Kier molecular flexibility index (Phi) is 6.96. The van der Waals surface area contributed by atoms with E-state index in [9.17, 15) is 18.0 Å². The quantitative estimate of drug-likeness (QED) is 0.606. The van der Waals surface area contributed by atoms with Crippen molar-refractivity contribution < 1.29 is 27.5 Å². The van der Waals surface area contributed by atoms with Gasteiger partial charge in [0, 0.05) is 11.3 Å². The van der Waals surface area contributed by atoms with Gasteiger partial charge in [0.2, 0.25) is 0 Å². The highest BCUT2D eigenvalue weighted by Crippen LogP contribution is 2.34. The molecule has 0 bridgehead atoms.